The minimum Gasteiger partial charge on any atom is -0.508 e. The minimum absolute atomic E-state index is 0.0133. The molecule has 0 saturated heterocycles. The summed E-state index contributed by atoms with van der Waals surface area (Å²) in [5, 5.41) is 35.6. The number of phenolic OH excluding ortho intramolecular Hbond substituents is 2. The van der Waals surface area contributed by atoms with Gasteiger partial charge < -0.3 is 37.0 Å². The summed E-state index contributed by atoms with van der Waals surface area (Å²) >= 11 is 1.48. The average Bonchev–Trinajstić information content (AvgIpc) is 2.87. The van der Waals surface area contributed by atoms with Gasteiger partial charge in [0.2, 0.25) is 17.7 Å². The van der Waals surface area contributed by atoms with E-state index in [-0.39, 0.29) is 24.3 Å². The van der Waals surface area contributed by atoms with Gasteiger partial charge in [-0.15, -0.1) is 0 Å². The van der Waals surface area contributed by atoms with Crippen LogP contribution in [-0.4, -0.2) is 75.7 Å². The van der Waals surface area contributed by atoms with Crippen LogP contribution in [0.25, 0.3) is 0 Å². The Balaban J connectivity index is 1.91. The maximum Gasteiger partial charge on any atom is 0.326 e. The number of carbonyl (C=O) groups is 4. The molecule has 0 spiro atoms. The quantitative estimate of drug-likeness (QED) is 0.177. The second-order valence-corrected chi connectivity index (χ2v) is 9.35. The highest BCUT2D eigenvalue weighted by molar-refractivity contribution is 7.98. The lowest BCUT2D eigenvalue weighted by molar-refractivity contribution is -0.141. The predicted molar refractivity (Wildman–Crippen MR) is 139 cm³/mol. The molecule has 2 aromatic carbocycles. The van der Waals surface area contributed by atoms with Gasteiger partial charge in [0, 0.05) is 6.42 Å². The zero-order valence-corrected chi connectivity index (χ0v) is 21.2. The van der Waals surface area contributed by atoms with E-state index < -0.39 is 48.4 Å². The molecule has 0 aliphatic carbocycles. The van der Waals surface area contributed by atoms with Crippen molar-refractivity contribution < 1.29 is 34.5 Å². The van der Waals surface area contributed by atoms with Crippen LogP contribution in [0.15, 0.2) is 48.5 Å². The monoisotopic (exact) mass is 532 g/mol. The Morgan fingerprint density at radius 1 is 0.838 bits per heavy atom. The van der Waals surface area contributed by atoms with Gasteiger partial charge >= 0.3 is 5.97 Å². The fourth-order valence-electron chi connectivity index (χ4n) is 3.37. The number of hydrogen-bond donors (Lipinski definition) is 7. The fourth-order valence-corrected chi connectivity index (χ4v) is 3.84. The molecule has 0 aromatic heterocycles. The molecule has 0 radical (unpaired) electrons. The number of nitrogens with one attached hydrogen (secondary N) is 3. The Hall–Kier alpha value is -3.77. The second kappa shape index (κ2) is 14.7. The van der Waals surface area contributed by atoms with Crippen molar-refractivity contribution >= 4 is 35.5 Å². The number of hydrogen-bond acceptors (Lipinski definition) is 8. The van der Waals surface area contributed by atoms with Gasteiger partial charge in [-0.05, 0) is 60.2 Å². The molecule has 12 heteroatoms. The maximum absolute atomic E-state index is 12.7. The molecule has 3 amide bonds. The second-order valence-electron chi connectivity index (χ2n) is 8.37. The molecule has 0 heterocycles. The van der Waals surface area contributed by atoms with E-state index in [0.29, 0.717) is 17.7 Å². The Morgan fingerprint density at radius 3 is 1.89 bits per heavy atom. The molecule has 11 nitrogen and oxygen atoms in total. The minimum atomic E-state index is -1.25. The van der Waals surface area contributed by atoms with E-state index >= 15 is 0 Å². The Kier molecular flexibility index (Phi) is 11.7. The van der Waals surface area contributed by atoms with Gasteiger partial charge in [0.25, 0.3) is 0 Å². The van der Waals surface area contributed by atoms with Crippen LogP contribution in [0.5, 0.6) is 11.5 Å². The maximum atomic E-state index is 12.7. The van der Waals surface area contributed by atoms with Crippen LogP contribution in [0.1, 0.15) is 17.5 Å². The number of carboxylic acids is 1. The number of carboxylic acid groups (broad SMARTS) is 1. The Morgan fingerprint density at radius 2 is 1.38 bits per heavy atom. The Bertz CT molecular complexity index is 1060. The summed E-state index contributed by atoms with van der Waals surface area (Å²) in [4.78, 5) is 49.3. The van der Waals surface area contributed by atoms with Crippen molar-refractivity contribution in [2.75, 3.05) is 18.6 Å². The van der Waals surface area contributed by atoms with Crippen LogP contribution in [-0.2, 0) is 32.0 Å². The summed E-state index contributed by atoms with van der Waals surface area (Å²) in [6.45, 7) is -0.483. The first-order chi connectivity index (χ1) is 17.6. The summed E-state index contributed by atoms with van der Waals surface area (Å²) in [7, 11) is 0. The molecular formula is C25H32N4O7S. The van der Waals surface area contributed by atoms with Crippen LogP contribution in [0.2, 0.25) is 0 Å². The smallest absolute Gasteiger partial charge is 0.326 e. The molecule has 0 fully saturated rings. The van der Waals surface area contributed by atoms with Crippen molar-refractivity contribution in [2.24, 2.45) is 5.73 Å². The molecule has 0 saturated carbocycles. The average molecular weight is 533 g/mol. The molecule has 0 bridgehead atoms. The van der Waals surface area contributed by atoms with E-state index in [1.165, 1.54) is 36.0 Å². The number of phenols is 2. The molecule has 8 N–H and O–H groups in total. The number of aromatic hydroxyl groups is 2. The zero-order chi connectivity index (χ0) is 27.4. The molecular weight excluding hydrogens is 500 g/mol. The van der Waals surface area contributed by atoms with Gasteiger partial charge in [-0.25, -0.2) is 4.79 Å². The number of rotatable bonds is 14. The van der Waals surface area contributed by atoms with Crippen LogP contribution < -0.4 is 21.7 Å². The molecule has 200 valence electrons. The van der Waals surface area contributed by atoms with E-state index in [0.717, 1.165) is 5.56 Å². The third-order valence-corrected chi connectivity index (χ3v) is 6.05. The Labute approximate surface area is 218 Å². The van der Waals surface area contributed by atoms with Crippen molar-refractivity contribution in [2.45, 2.75) is 37.4 Å². The highest BCUT2D eigenvalue weighted by Crippen LogP contribution is 2.12. The number of aliphatic carboxylic acids is 1. The van der Waals surface area contributed by atoms with Crippen LogP contribution in [0.3, 0.4) is 0 Å². The first kappa shape index (κ1) is 29.5. The van der Waals surface area contributed by atoms with Gasteiger partial charge in [0.05, 0.1) is 12.6 Å². The summed E-state index contributed by atoms with van der Waals surface area (Å²) in [5.74, 6) is -2.41. The van der Waals surface area contributed by atoms with Crippen molar-refractivity contribution in [3.8, 4) is 11.5 Å². The number of nitrogens with two attached hydrogens (primary N) is 1. The highest BCUT2D eigenvalue weighted by Gasteiger charge is 2.25. The van der Waals surface area contributed by atoms with Gasteiger partial charge in [-0.2, -0.15) is 11.8 Å². The van der Waals surface area contributed by atoms with Crippen LogP contribution in [0, 0.1) is 0 Å². The summed E-state index contributed by atoms with van der Waals surface area (Å²) in [5.41, 5.74) is 7.33. The van der Waals surface area contributed by atoms with Crippen molar-refractivity contribution in [1.29, 1.82) is 0 Å². The molecule has 3 unspecified atom stereocenters. The number of carbonyl (C=O) groups excluding carboxylic acids is 3. The molecule has 37 heavy (non-hydrogen) atoms. The first-order valence-corrected chi connectivity index (χ1v) is 12.9. The molecule has 2 rings (SSSR count). The fraction of sp³-hybridized carbons (Fsp3) is 0.360. The van der Waals surface area contributed by atoms with Crippen LogP contribution >= 0.6 is 11.8 Å². The van der Waals surface area contributed by atoms with Gasteiger partial charge in [0.1, 0.15) is 23.6 Å². The van der Waals surface area contributed by atoms with Gasteiger partial charge in [-0.3, -0.25) is 14.4 Å². The van der Waals surface area contributed by atoms with E-state index in [9.17, 15) is 34.5 Å². The van der Waals surface area contributed by atoms with Crippen molar-refractivity contribution in [1.82, 2.24) is 16.0 Å². The lowest BCUT2D eigenvalue weighted by Crippen LogP contribution is -2.54. The summed E-state index contributed by atoms with van der Waals surface area (Å²) in [6, 6.07) is 9.06. The van der Waals surface area contributed by atoms with E-state index in [2.05, 4.69) is 16.0 Å². The first-order valence-electron chi connectivity index (χ1n) is 11.5. The number of benzene rings is 2. The topological polar surface area (TPSA) is 191 Å². The van der Waals surface area contributed by atoms with E-state index in [4.69, 9.17) is 5.73 Å². The van der Waals surface area contributed by atoms with Gasteiger partial charge in [-0.1, -0.05) is 24.3 Å². The van der Waals surface area contributed by atoms with E-state index in [1.807, 2.05) is 6.26 Å². The largest absolute Gasteiger partial charge is 0.508 e. The van der Waals surface area contributed by atoms with Gasteiger partial charge in [0.15, 0.2) is 0 Å². The predicted octanol–water partition coefficient (Wildman–Crippen LogP) is 0.134. The summed E-state index contributed by atoms with van der Waals surface area (Å²) in [6.07, 6.45) is 2.33. The lowest BCUT2D eigenvalue weighted by atomic mass is 10.1. The summed E-state index contributed by atoms with van der Waals surface area (Å²) < 4.78 is 0. The third-order valence-electron chi connectivity index (χ3n) is 5.41. The van der Waals surface area contributed by atoms with Crippen molar-refractivity contribution in [3.05, 3.63) is 59.7 Å². The zero-order valence-electron chi connectivity index (χ0n) is 20.3. The molecule has 0 aliphatic rings. The molecule has 0 aliphatic heterocycles. The number of thioether (sulfide) groups is 1. The lowest BCUT2D eigenvalue weighted by Gasteiger charge is -2.21. The normalized spacial score (nSPS) is 13.1. The van der Waals surface area contributed by atoms with Crippen molar-refractivity contribution in [3.63, 3.8) is 0 Å². The van der Waals surface area contributed by atoms with Crippen LogP contribution in [0.4, 0.5) is 0 Å². The SMILES string of the molecule is CSCCC(NC(=O)C(N)Cc1ccc(O)cc1)C(=O)NCC(=O)NC(Cc1ccc(O)cc1)C(=O)O. The third kappa shape index (κ3) is 10.4. The molecule has 2 aromatic rings. The number of amides is 3. The van der Waals surface area contributed by atoms with E-state index in [1.54, 1.807) is 24.3 Å². The molecule has 3 atom stereocenters. The highest BCUT2D eigenvalue weighted by atomic mass is 32.2. The standard InChI is InChI=1S/C25H32N4O7S/c1-37-11-10-20(29-23(33)19(26)12-15-2-6-17(30)7-3-15)24(34)27-14-22(32)28-21(25(35)36)13-16-4-8-18(31)9-5-16/h2-9,19-21,30-31H,10-14,26H2,1H3,(H,27,34)(H,28,32)(H,29,33)(H,35,36).